The Hall–Kier alpha value is -4.20. The number of nitrogens with zero attached hydrogens (tertiary/aromatic N) is 1. The van der Waals surface area contributed by atoms with Crippen molar-refractivity contribution in [2.45, 2.75) is 57.0 Å². The van der Waals surface area contributed by atoms with Gasteiger partial charge in [-0.15, -0.1) is 0 Å². The van der Waals surface area contributed by atoms with Crippen molar-refractivity contribution in [3.05, 3.63) is 130 Å². The van der Waals surface area contributed by atoms with Crippen LogP contribution in [0.15, 0.2) is 72.8 Å². The van der Waals surface area contributed by atoms with Gasteiger partial charge in [0, 0.05) is 38.2 Å². The Kier molecular flexibility index (Phi) is 11.2. The molecule has 50 heavy (non-hydrogen) atoms. The normalized spacial score (nSPS) is 21.0. The van der Waals surface area contributed by atoms with Crippen molar-refractivity contribution >= 4 is 5.91 Å². The van der Waals surface area contributed by atoms with E-state index in [0.717, 1.165) is 53.7 Å². The first-order valence-electron chi connectivity index (χ1n) is 16.4. The van der Waals surface area contributed by atoms with Gasteiger partial charge in [-0.1, -0.05) is 66.7 Å². The molecule has 2 fully saturated rings. The second-order valence-electron chi connectivity index (χ2n) is 12.5. The second kappa shape index (κ2) is 15.8. The van der Waals surface area contributed by atoms with Crippen LogP contribution in [0, 0.1) is 29.1 Å². The number of halogens is 5. The molecule has 12 heteroatoms. The summed E-state index contributed by atoms with van der Waals surface area (Å²) in [7, 11) is 1.72. The van der Waals surface area contributed by atoms with Gasteiger partial charge in [0.15, 0.2) is 29.6 Å². The monoisotopic (exact) mass is 696 g/mol. The highest BCUT2D eigenvalue weighted by atomic mass is 19.2. The number of hydrogen-bond acceptors (Lipinski definition) is 6. The van der Waals surface area contributed by atoms with E-state index in [-0.39, 0.29) is 25.4 Å². The molecule has 0 aromatic heterocycles. The molecular formula is C38H37F5N2O5. The molecule has 4 atom stereocenters. The van der Waals surface area contributed by atoms with Crippen LogP contribution in [0.5, 0.6) is 0 Å². The SMILES string of the molecule is COCC1CCCN1CC1CC(c2ccc(CO)cc2)OC(c2ccc(-c3cccc(CNC(=O)c4c(F)c(F)c(F)c(F)c4F)c3)cc2)O1. The van der Waals surface area contributed by atoms with Gasteiger partial charge in [0.1, 0.15) is 5.56 Å². The Labute approximate surface area is 286 Å². The van der Waals surface area contributed by atoms with Crippen LogP contribution in [-0.2, 0) is 27.4 Å². The molecule has 4 unspecified atom stereocenters. The van der Waals surface area contributed by atoms with Crippen LogP contribution >= 0.6 is 0 Å². The van der Waals surface area contributed by atoms with Crippen LogP contribution in [-0.4, -0.2) is 54.9 Å². The summed E-state index contributed by atoms with van der Waals surface area (Å²) in [6.45, 7) is 2.12. The van der Waals surface area contributed by atoms with Crippen molar-refractivity contribution in [3.63, 3.8) is 0 Å². The van der Waals surface area contributed by atoms with Crippen molar-refractivity contribution < 1.29 is 46.1 Å². The van der Waals surface area contributed by atoms with E-state index in [1.807, 2.05) is 54.6 Å². The number of amides is 1. The molecule has 7 nitrogen and oxygen atoms in total. The highest BCUT2D eigenvalue weighted by Gasteiger charge is 2.35. The summed E-state index contributed by atoms with van der Waals surface area (Å²) in [4.78, 5) is 14.9. The lowest BCUT2D eigenvalue weighted by Crippen LogP contribution is -2.42. The Morgan fingerprint density at radius 3 is 2.22 bits per heavy atom. The predicted molar refractivity (Wildman–Crippen MR) is 174 cm³/mol. The maximum Gasteiger partial charge on any atom is 0.257 e. The molecule has 0 aliphatic carbocycles. The Morgan fingerprint density at radius 1 is 0.860 bits per heavy atom. The summed E-state index contributed by atoms with van der Waals surface area (Å²) in [6, 6.07) is 22.7. The first kappa shape index (κ1) is 35.6. The number of aliphatic hydroxyl groups excluding tert-OH is 1. The summed E-state index contributed by atoms with van der Waals surface area (Å²) < 4.78 is 87.3. The quantitative estimate of drug-likeness (QED) is 0.0988. The zero-order valence-electron chi connectivity index (χ0n) is 27.3. The third-order valence-electron chi connectivity index (χ3n) is 9.24. The molecule has 2 heterocycles. The molecule has 4 aromatic rings. The smallest absolute Gasteiger partial charge is 0.257 e. The molecular weight excluding hydrogens is 659 g/mol. The minimum atomic E-state index is -2.33. The molecule has 6 rings (SSSR count). The number of benzene rings is 4. The molecule has 1 amide bonds. The van der Waals surface area contributed by atoms with Gasteiger partial charge in [-0.25, -0.2) is 22.0 Å². The minimum Gasteiger partial charge on any atom is -0.392 e. The van der Waals surface area contributed by atoms with Crippen LogP contribution in [0.2, 0.25) is 0 Å². The highest BCUT2D eigenvalue weighted by molar-refractivity contribution is 5.94. The lowest BCUT2D eigenvalue weighted by molar-refractivity contribution is -0.253. The van der Waals surface area contributed by atoms with Gasteiger partial charge in [0.25, 0.3) is 5.91 Å². The summed E-state index contributed by atoms with van der Waals surface area (Å²) in [5, 5.41) is 11.7. The van der Waals surface area contributed by atoms with Crippen molar-refractivity contribution in [2.75, 3.05) is 26.8 Å². The highest BCUT2D eigenvalue weighted by Crippen LogP contribution is 2.39. The van der Waals surface area contributed by atoms with Crippen LogP contribution < -0.4 is 5.32 Å². The van der Waals surface area contributed by atoms with E-state index in [4.69, 9.17) is 14.2 Å². The summed E-state index contributed by atoms with van der Waals surface area (Å²) in [5.41, 5.74) is 3.22. The first-order valence-corrected chi connectivity index (χ1v) is 16.4. The average molecular weight is 697 g/mol. The van der Waals surface area contributed by atoms with Crippen molar-refractivity contribution in [2.24, 2.45) is 0 Å². The van der Waals surface area contributed by atoms with Gasteiger partial charge in [0.2, 0.25) is 5.82 Å². The van der Waals surface area contributed by atoms with E-state index in [1.165, 1.54) is 0 Å². The third kappa shape index (κ3) is 7.74. The number of likely N-dealkylation sites (tertiary alicyclic amines) is 1. The zero-order valence-corrected chi connectivity index (χ0v) is 27.3. The van der Waals surface area contributed by atoms with E-state index >= 15 is 0 Å². The van der Waals surface area contributed by atoms with Crippen LogP contribution in [0.4, 0.5) is 22.0 Å². The molecule has 264 valence electrons. The molecule has 2 saturated heterocycles. The summed E-state index contributed by atoms with van der Waals surface area (Å²) in [6.07, 6.45) is 1.87. The van der Waals surface area contributed by atoms with Crippen molar-refractivity contribution in [1.29, 1.82) is 0 Å². The lowest BCUT2D eigenvalue weighted by Gasteiger charge is -2.38. The number of carbonyl (C=O) groups excluding carboxylic acids is 1. The number of carbonyl (C=O) groups is 1. The standard InChI is InChI=1S/C38H37F5N2O5/c1-48-21-28-6-3-15-45(28)19-29-17-30(25-9-7-22(20-46)8-10-25)50-38(49-29)26-13-11-24(12-14-26)27-5-2-4-23(16-27)18-44-37(47)31-32(39)34(41)36(43)35(42)33(31)40/h2,4-5,7-14,16,28-30,38,46H,3,6,15,17-21H2,1H3,(H,44,47). The topological polar surface area (TPSA) is 80.3 Å². The maximum atomic E-state index is 14.1. The van der Waals surface area contributed by atoms with E-state index < -0.39 is 46.8 Å². The largest absolute Gasteiger partial charge is 0.392 e. The van der Waals surface area contributed by atoms with Crippen molar-refractivity contribution in [3.8, 4) is 11.1 Å². The number of ether oxygens (including phenoxy) is 3. The third-order valence-corrected chi connectivity index (χ3v) is 9.24. The Morgan fingerprint density at radius 2 is 1.54 bits per heavy atom. The zero-order chi connectivity index (χ0) is 35.4. The van der Waals surface area contributed by atoms with Gasteiger partial charge < -0.3 is 24.6 Å². The van der Waals surface area contributed by atoms with Gasteiger partial charge in [-0.05, 0) is 53.3 Å². The number of aliphatic hydroxyl groups is 1. The van der Waals surface area contributed by atoms with Crippen LogP contribution in [0.1, 0.15) is 64.3 Å². The fourth-order valence-electron chi connectivity index (χ4n) is 6.58. The fourth-order valence-corrected chi connectivity index (χ4v) is 6.58. The fraction of sp³-hybridized carbons (Fsp3) is 0.342. The Balaban J connectivity index is 1.16. The molecule has 2 N–H and O–H groups in total. The number of methoxy groups -OCH3 is 1. The summed E-state index contributed by atoms with van der Waals surface area (Å²) >= 11 is 0. The van der Waals surface area contributed by atoms with E-state index in [1.54, 1.807) is 25.3 Å². The average Bonchev–Trinajstić information content (AvgIpc) is 3.58. The maximum absolute atomic E-state index is 14.1. The van der Waals surface area contributed by atoms with Crippen molar-refractivity contribution in [1.82, 2.24) is 10.2 Å². The number of rotatable bonds is 11. The molecule has 0 bridgehead atoms. The number of hydrogen-bond donors (Lipinski definition) is 2. The molecule has 0 saturated carbocycles. The van der Waals surface area contributed by atoms with Gasteiger partial charge >= 0.3 is 0 Å². The first-order chi connectivity index (χ1) is 24.2. The van der Waals surface area contributed by atoms with Crippen LogP contribution in [0.25, 0.3) is 11.1 Å². The molecule has 0 spiro atoms. The minimum absolute atomic E-state index is 0.0433. The van der Waals surface area contributed by atoms with Gasteiger partial charge in [-0.2, -0.15) is 0 Å². The lowest BCUT2D eigenvalue weighted by atomic mass is 9.98. The summed E-state index contributed by atoms with van der Waals surface area (Å²) in [5.74, 6) is -12.5. The molecule has 0 radical (unpaired) electrons. The molecule has 2 aliphatic rings. The Bertz CT molecular complexity index is 1780. The predicted octanol–water partition coefficient (Wildman–Crippen LogP) is 7.13. The van der Waals surface area contributed by atoms with E-state index in [0.29, 0.717) is 24.6 Å². The van der Waals surface area contributed by atoms with Crippen LogP contribution in [0.3, 0.4) is 0 Å². The van der Waals surface area contributed by atoms with E-state index in [9.17, 15) is 31.9 Å². The van der Waals surface area contributed by atoms with Gasteiger partial charge in [-0.3, -0.25) is 9.69 Å². The molecule has 4 aromatic carbocycles. The van der Waals surface area contributed by atoms with Gasteiger partial charge in [0.05, 0.1) is 25.4 Å². The number of nitrogens with one attached hydrogen (secondary N) is 1. The second-order valence-corrected chi connectivity index (χ2v) is 12.5. The molecule has 2 aliphatic heterocycles. The van der Waals surface area contributed by atoms with E-state index in [2.05, 4.69) is 10.2 Å².